The molecule has 3 rings (SSSR count). The van der Waals surface area contributed by atoms with Gasteiger partial charge in [0.25, 0.3) is 5.91 Å². The molecule has 0 unspecified atom stereocenters. The summed E-state index contributed by atoms with van der Waals surface area (Å²) in [6, 6.07) is 11.0. The van der Waals surface area contributed by atoms with Crippen molar-refractivity contribution in [2.75, 3.05) is 0 Å². The van der Waals surface area contributed by atoms with Gasteiger partial charge >= 0.3 is 0 Å². The summed E-state index contributed by atoms with van der Waals surface area (Å²) >= 11 is 5.88. The van der Waals surface area contributed by atoms with Gasteiger partial charge in [-0.25, -0.2) is 4.98 Å². The van der Waals surface area contributed by atoms with E-state index in [9.17, 15) is 4.79 Å². The van der Waals surface area contributed by atoms with E-state index >= 15 is 0 Å². The zero-order chi connectivity index (χ0) is 16.2. The van der Waals surface area contributed by atoms with Crippen LogP contribution in [0.4, 0.5) is 0 Å². The van der Waals surface area contributed by atoms with Gasteiger partial charge in [0, 0.05) is 29.3 Å². The van der Waals surface area contributed by atoms with E-state index in [1.54, 1.807) is 24.7 Å². The van der Waals surface area contributed by atoms with Gasteiger partial charge in [-0.2, -0.15) is 0 Å². The number of carbonyl (C=O) groups is 1. The molecule has 0 spiro atoms. The zero-order valence-electron chi connectivity index (χ0n) is 12.5. The number of benzene rings is 1. The van der Waals surface area contributed by atoms with Crippen LogP contribution in [0.25, 0.3) is 5.69 Å². The maximum Gasteiger partial charge on any atom is 0.270 e. The second kappa shape index (κ2) is 6.62. The number of rotatable bonds is 4. The molecule has 2 heterocycles. The van der Waals surface area contributed by atoms with Crippen LogP contribution >= 0.6 is 11.6 Å². The molecule has 1 amide bonds. The van der Waals surface area contributed by atoms with Crippen molar-refractivity contribution in [3.05, 3.63) is 77.6 Å². The maximum atomic E-state index is 12.2. The third kappa shape index (κ3) is 3.57. The summed E-state index contributed by atoms with van der Waals surface area (Å²) in [6.45, 7) is 1.93. The number of halogens is 1. The lowest BCUT2D eigenvalue weighted by atomic mass is 10.1. The number of nitrogens with one attached hydrogen (secondary N) is 1. The second-order valence-electron chi connectivity index (χ2n) is 5.12. The third-order valence-corrected chi connectivity index (χ3v) is 3.73. The molecule has 0 aliphatic rings. The van der Waals surface area contributed by atoms with E-state index < -0.39 is 0 Å². The molecule has 0 aliphatic carbocycles. The molecule has 0 fully saturated rings. The minimum absolute atomic E-state index is 0.139. The van der Waals surface area contributed by atoms with Crippen LogP contribution < -0.4 is 5.32 Å². The standard InChI is InChI=1S/C17H15ClN4O/c1-12(21-17(23)16-10-14(18)6-7-20-16)13-2-4-15(5-3-13)22-9-8-19-11-22/h2-12H,1H3,(H,21,23)/t12-/m0/s1. The lowest BCUT2D eigenvalue weighted by molar-refractivity contribution is 0.0935. The highest BCUT2D eigenvalue weighted by Gasteiger charge is 2.13. The highest BCUT2D eigenvalue weighted by molar-refractivity contribution is 6.30. The van der Waals surface area contributed by atoms with Gasteiger partial charge in [-0.05, 0) is 36.8 Å². The highest BCUT2D eigenvalue weighted by Crippen LogP contribution is 2.16. The number of imidazole rings is 1. The number of pyridine rings is 1. The van der Waals surface area contributed by atoms with E-state index in [1.807, 2.05) is 42.0 Å². The topological polar surface area (TPSA) is 59.8 Å². The van der Waals surface area contributed by atoms with Crippen LogP contribution in [0.5, 0.6) is 0 Å². The van der Waals surface area contributed by atoms with Crippen LogP contribution in [0.2, 0.25) is 5.02 Å². The molecule has 0 saturated carbocycles. The number of hydrogen-bond acceptors (Lipinski definition) is 3. The molecular formula is C17H15ClN4O. The van der Waals surface area contributed by atoms with Crippen LogP contribution in [0.1, 0.15) is 29.0 Å². The Hall–Kier alpha value is -2.66. The Morgan fingerprint density at radius 2 is 2.00 bits per heavy atom. The fourth-order valence-corrected chi connectivity index (χ4v) is 2.39. The predicted molar refractivity (Wildman–Crippen MR) is 88.7 cm³/mol. The number of nitrogens with zero attached hydrogens (tertiary/aromatic N) is 3. The van der Waals surface area contributed by atoms with Gasteiger partial charge in [-0.1, -0.05) is 23.7 Å². The van der Waals surface area contributed by atoms with Gasteiger partial charge in [0.05, 0.1) is 12.4 Å². The Morgan fingerprint density at radius 3 is 2.65 bits per heavy atom. The fourth-order valence-electron chi connectivity index (χ4n) is 2.23. The number of hydrogen-bond donors (Lipinski definition) is 1. The molecule has 0 radical (unpaired) electrons. The van der Waals surface area contributed by atoms with Gasteiger partial charge in [0.1, 0.15) is 5.69 Å². The van der Waals surface area contributed by atoms with E-state index in [-0.39, 0.29) is 11.9 Å². The van der Waals surface area contributed by atoms with Gasteiger partial charge in [-0.3, -0.25) is 9.78 Å². The van der Waals surface area contributed by atoms with Crippen molar-refractivity contribution in [3.63, 3.8) is 0 Å². The molecule has 0 saturated heterocycles. The first kappa shape index (κ1) is 15.2. The van der Waals surface area contributed by atoms with Gasteiger partial charge in [0.2, 0.25) is 0 Å². The Kier molecular flexibility index (Phi) is 4.39. The quantitative estimate of drug-likeness (QED) is 0.799. The average molecular weight is 327 g/mol. The molecule has 23 heavy (non-hydrogen) atoms. The SMILES string of the molecule is C[C@H](NC(=O)c1cc(Cl)ccn1)c1ccc(-n2ccnc2)cc1. The summed E-state index contributed by atoms with van der Waals surface area (Å²) < 4.78 is 1.92. The largest absolute Gasteiger partial charge is 0.344 e. The van der Waals surface area contributed by atoms with Gasteiger partial charge in [-0.15, -0.1) is 0 Å². The lowest BCUT2D eigenvalue weighted by Gasteiger charge is -2.15. The summed E-state index contributed by atoms with van der Waals surface area (Å²) in [7, 11) is 0. The van der Waals surface area contributed by atoms with Crippen molar-refractivity contribution in [1.82, 2.24) is 19.9 Å². The Bertz CT molecular complexity index is 800. The molecule has 6 heteroatoms. The van der Waals surface area contributed by atoms with Crippen molar-refractivity contribution in [1.29, 1.82) is 0 Å². The third-order valence-electron chi connectivity index (χ3n) is 3.50. The minimum atomic E-state index is -0.251. The van der Waals surface area contributed by atoms with Crippen molar-refractivity contribution in [3.8, 4) is 5.69 Å². The zero-order valence-corrected chi connectivity index (χ0v) is 13.2. The summed E-state index contributed by atoms with van der Waals surface area (Å²) in [5.41, 5.74) is 2.32. The predicted octanol–water partition coefficient (Wildman–Crippen LogP) is 3.41. The Labute approximate surface area is 139 Å². The summed E-state index contributed by atoms with van der Waals surface area (Å²) in [4.78, 5) is 20.2. The van der Waals surface area contributed by atoms with E-state index in [4.69, 9.17) is 11.6 Å². The molecule has 5 nitrogen and oxygen atoms in total. The highest BCUT2D eigenvalue weighted by atomic mass is 35.5. The first-order valence-electron chi connectivity index (χ1n) is 7.14. The Balaban J connectivity index is 1.70. The van der Waals surface area contributed by atoms with Crippen molar-refractivity contribution >= 4 is 17.5 Å². The van der Waals surface area contributed by atoms with E-state index in [2.05, 4.69) is 15.3 Å². The number of amides is 1. The van der Waals surface area contributed by atoms with Crippen molar-refractivity contribution in [2.45, 2.75) is 13.0 Å². The van der Waals surface area contributed by atoms with Crippen molar-refractivity contribution < 1.29 is 4.79 Å². The molecular weight excluding hydrogens is 312 g/mol. The fraction of sp³-hybridized carbons (Fsp3) is 0.118. The van der Waals surface area contributed by atoms with E-state index in [0.29, 0.717) is 10.7 Å². The summed E-state index contributed by atoms with van der Waals surface area (Å²) in [6.07, 6.45) is 6.87. The minimum Gasteiger partial charge on any atom is -0.344 e. The molecule has 116 valence electrons. The van der Waals surface area contributed by atoms with Gasteiger partial charge in [0.15, 0.2) is 0 Å². The van der Waals surface area contributed by atoms with Crippen LogP contribution in [-0.2, 0) is 0 Å². The molecule has 0 aliphatic heterocycles. The average Bonchev–Trinajstić information content (AvgIpc) is 3.09. The smallest absolute Gasteiger partial charge is 0.270 e. The molecule has 2 aromatic heterocycles. The number of aromatic nitrogens is 3. The lowest BCUT2D eigenvalue weighted by Crippen LogP contribution is -2.27. The molecule has 0 bridgehead atoms. The van der Waals surface area contributed by atoms with Crippen LogP contribution in [-0.4, -0.2) is 20.4 Å². The monoisotopic (exact) mass is 326 g/mol. The molecule has 1 aromatic carbocycles. The van der Waals surface area contributed by atoms with Crippen LogP contribution in [0.3, 0.4) is 0 Å². The first-order chi connectivity index (χ1) is 11.1. The van der Waals surface area contributed by atoms with E-state index in [1.165, 1.54) is 6.20 Å². The van der Waals surface area contributed by atoms with Crippen LogP contribution in [0.15, 0.2) is 61.3 Å². The molecule has 3 aromatic rings. The second-order valence-corrected chi connectivity index (χ2v) is 5.55. The van der Waals surface area contributed by atoms with Gasteiger partial charge < -0.3 is 9.88 Å². The molecule has 1 atom stereocenters. The normalized spacial score (nSPS) is 11.9. The van der Waals surface area contributed by atoms with Crippen molar-refractivity contribution in [2.24, 2.45) is 0 Å². The summed E-state index contributed by atoms with van der Waals surface area (Å²) in [5.74, 6) is -0.251. The summed E-state index contributed by atoms with van der Waals surface area (Å²) in [5, 5.41) is 3.40. The first-order valence-corrected chi connectivity index (χ1v) is 7.52. The van der Waals surface area contributed by atoms with E-state index in [0.717, 1.165) is 11.3 Å². The number of carbonyl (C=O) groups excluding carboxylic acids is 1. The Morgan fingerprint density at radius 1 is 1.22 bits per heavy atom. The van der Waals surface area contributed by atoms with Crippen LogP contribution in [0, 0.1) is 0 Å². The maximum absolute atomic E-state index is 12.2. The molecule has 1 N–H and O–H groups in total.